The van der Waals surface area contributed by atoms with Crippen LogP contribution in [0.3, 0.4) is 0 Å². The molecule has 0 spiro atoms. The van der Waals surface area contributed by atoms with Gasteiger partial charge < -0.3 is 5.32 Å². The monoisotopic (exact) mass is 179 g/mol. The standard InChI is InChI=1S/C8H12F3N/c9-8(10,11)6-5-3-1-2-4-12-7(5)6/h5-7,12H,1-4H2/t5-,6-,7-/m1/s1. The van der Waals surface area contributed by atoms with Crippen LogP contribution in [0, 0.1) is 11.8 Å². The minimum absolute atomic E-state index is 0.118. The van der Waals surface area contributed by atoms with Gasteiger partial charge in [0.25, 0.3) is 0 Å². The van der Waals surface area contributed by atoms with E-state index < -0.39 is 12.1 Å². The molecule has 1 aliphatic carbocycles. The van der Waals surface area contributed by atoms with Crippen LogP contribution in [0.4, 0.5) is 13.2 Å². The van der Waals surface area contributed by atoms with Crippen molar-refractivity contribution in [3.63, 3.8) is 0 Å². The van der Waals surface area contributed by atoms with Crippen molar-refractivity contribution < 1.29 is 13.2 Å². The number of fused-ring (bicyclic) bond motifs is 1. The summed E-state index contributed by atoms with van der Waals surface area (Å²) in [6, 6.07) is -0.257. The summed E-state index contributed by atoms with van der Waals surface area (Å²) in [7, 11) is 0. The van der Waals surface area contributed by atoms with E-state index in [0.717, 1.165) is 25.8 Å². The Morgan fingerprint density at radius 1 is 1.17 bits per heavy atom. The Morgan fingerprint density at radius 3 is 2.58 bits per heavy atom. The lowest BCUT2D eigenvalue weighted by Gasteiger charge is -2.07. The highest BCUT2D eigenvalue weighted by molar-refractivity contribution is 5.07. The molecular formula is C8H12F3N. The predicted molar refractivity (Wildman–Crippen MR) is 38.7 cm³/mol. The van der Waals surface area contributed by atoms with Crippen molar-refractivity contribution in [2.45, 2.75) is 31.5 Å². The van der Waals surface area contributed by atoms with Gasteiger partial charge in [0.2, 0.25) is 0 Å². The van der Waals surface area contributed by atoms with Crippen LogP contribution in [0.5, 0.6) is 0 Å². The van der Waals surface area contributed by atoms with Crippen LogP contribution in [0.25, 0.3) is 0 Å². The van der Waals surface area contributed by atoms with Crippen LogP contribution < -0.4 is 5.32 Å². The van der Waals surface area contributed by atoms with Crippen LogP contribution in [-0.4, -0.2) is 18.8 Å². The van der Waals surface area contributed by atoms with Crippen LogP contribution in [-0.2, 0) is 0 Å². The van der Waals surface area contributed by atoms with Gasteiger partial charge in [-0.3, -0.25) is 0 Å². The van der Waals surface area contributed by atoms with Crippen LogP contribution in [0.2, 0.25) is 0 Å². The van der Waals surface area contributed by atoms with Gasteiger partial charge in [-0.05, 0) is 25.3 Å². The van der Waals surface area contributed by atoms with Gasteiger partial charge in [0.1, 0.15) is 0 Å². The summed E-state index contributed by atoms with van der Waals surface area (Å²) in [6.45, 7) is 0.758. The first kappa shape index (κ1) is 8.35. The minimum Gasteiger partial charge on any atom is -0.313 e. The molecule has 0 aromatic heterocycles. The van der Waals surface area contributed by atoms with E-state index in [1.165, 1.54) is 0 Å². The van der Waals surface area contributed by atoms with Crippen LogP contribution in [0.15, 0.2) is 0 Å². The zero-order chi connectivity index (χ0) is 8.77. The van der Waals surface area contributed by atoms with Gasteiger partial charge in [-0.15, -0.1) is 0 Å². The molecule has 12 heavy (non-hydrogen) atoms. The van der Waals surface area contributed by atoms with Gasteiger partial charge in [0.15, 0.2) is 0 Å². The molecule has 0 aromatic carbocycles. The molecule has 2 fully saturated rings. The fourth-order valence-corrected chi connectivity index (χ4v) is 2.23. The van der Waals surface area contributed by atoms with Crippen molar-refractivity contribution in [1.82, 2.24) is 5.32 Å². The summed E-state index contributed by atoms with van der Waals surface area (Å²) in [5, 5.41) is 2.96. The highest BCUT2D eigenvalue weighted by Crippen LogP contribution is 2.53. The summed E-state index contributed by atoms with van der Waals surface area (Å²) in [4.78, 5) is 0. The Morgan fingerprint density at radius 2 is 1.92 bits per heavy atom. The summed E-state index contributed by atoms with van der Waals surface area (Å²) in [5.74, 6) is -1.16. The molecule has 0 aromatic rings. The Hall–Kier alpha value is -0.250. The van der Waals surface area contributed by atoms with E-state index in [9.17, 15) is 13.2 Å². The maximum Gasteiger partial charge on any atom is 0.393 e. The first-order chi connectivity index (χ1) is 5.61. The smallest absolute Gasteiger partial charge is 0.313 e. The first-order valence-corrected chi connectivity index (χ1v) is 4.41. The topological polar surface area (TPSA) is 12.0 Å². The van der Waals surface area contributed by atoms with E-state index in [0.29, 0.717) is 0 Å². The van der Waals surface area contributed by atoms with Gasteiger partial charge in [-0.2, -0.15) is 13.2 Å². The number of rotatable bonds is 0. The van der Waals surface area contributed by atoms with Crippen molar-refractivity contribution >= 4 is 0 Å². The van der Waals surface area contributed by atoms with E-state index in [2.05, 4.69) is 5.32 Å². The second kappa shape index (κ2) is 2.62. The zero-order valence-electron chi connectivity index (χ0n) is 6.69. The van der Waals surface area contributed by atoms with E-state index in [4.69, 9.17) is 0 Å². The molecule has 3 atom stereocenters. The van der Waals surface area contributed by atoms with Crippen molar-refractivity contribution in [2.24, 2.45) is 11.8 Å². The average molecular weight is 179 g/mol. The van der Waals surface area contributed by atoms with E-state index >= 15 is 0 Å². The number of hydrogen-bond donors (Lipinski definition) is 1. The van der Waals surface area contributed by atoms with Gasteiger partial charge >= 0.3 is 6.18 Å². The molecule has 1 saturated heterocycles. The van der Waals surface area contributed by atoms with Crippen molar-refractivity contribution in [2.75, 3.05) is 6.54 Å². The molecule has 0 amide bonds. The Bertz CT molecular complexity index is 166. The van der Waals surface area contributed by atoms with Crippen molar-refractivity contribution in [3.05, 3.63) is 0 Å². The molecule has 1 saturated carbocycles. The number of nitrogens with one attached hydrogen (secondary N) is 1. The lowest BCUT2D eigenvalue weighted by molar-refractivity contribution is -0.152. The zero-order valence-corrected chi connectivity index (χ0v) is 6.69. The highest BCUT2D eigenvalue weighted by atomic mass is 19.4. The lowest BCUT2D eigenvalue weighted by atomic mass is 10.1. The van der Waals surface area contributed by atoms with Gasteiger partial charge in [-0.25, -0.2) is 0 Å². The fraction of sp³-hybridized carbons (Fsp3) is 1.00. The molecule has 2 rings (SSSR count). The minimum atomic E-state index is -3.97. The van der Waals surface area contributed by atoms with Crippen molar-refractivity contribution in [1.29, 1.82) is 0 Å². The molecule has 0 bridgehead atoms. The Kier molecular flexibility index (Phi) is 1.82. The molecular weight excluding hydrogens is 167 g/mol. The third-order valence-corrected chi connectivity index (χ3v) is 2.89. The van der Waals surface area contributed by atoms with Gasteiger partial charge in [0, 0.05) is 6.04 Å². The second-order valence-electron chi connectivity index (χ2n) is 3.71. The quantitative estimate of drug-likeness (QED) is 0.599. The molecule has 1 aliphatic heterocycles. The fourth-order valence-electron chi connectivity index (χ4n) is 2.23. The maximum absolute atomic E-state index is 12.2. The number of alkyl halides is 3. The number of hydrogen-bond acceptors (Lipinski definition) is 1. The van der Waals surface area contributed by atoms with E-state index in [-0.39, 0.29) is 12.0 Å². The van der Waals surface area contributed by atoms with Gasteiger partial charge in [0.05, 0.1) is 5.92 Å². The molecule has 1 heterocycles. The predicted octanol–water partition coefficient (Wildman–Crippen LogP) is 1.94. The highest BCUT2D eigenvalue weighted by Gasteiger charge is 2.63. The summed E-state index contributed by atoms with van der Waals surface area (Å²) in [5.41, 5.74) is 0. The Balaban J connectivity index is 1.98. The molecule has 1 N–H and O–H groups in total. The average Bonchev–Trinajstić information content (AvgIpc) is 2.54. The third-order valence-electron chi connectivity index (χ3n) is 2.89. The maximum atomic E-state index is 12.2. The van der Waals surface area contributed by atoms with Crippen molar-refractivity contribution in [3.8, 4) is 0 Å². The first-order valence-electron chi connectivity index (χ1n) is 4.41. The number of halogens is 3. The molecule has 2 aliphatic rings. The molecule has 70 valence electrons. The second-order valence-corrected chi connectivity index (χ2v) is 3.71. The van der Waals surface area contributed by atoms with Gasteiger partial charge in [-0.1, -0.05) is 6.42 Å². The molecule has 0 unspecified atom stereocenters. The largest absolute Gasteiger partial charge is 0.393 e. The summed E-state index contributed by atoms with van der Waals surface area (Å²) >= 11 is 0. The molecule has 0 radical (unpaired) electrons. The van der Waals surface area contributed by atoms with E-state index in [1.807, 2.05) is 0 Å². The Labute approximate surface area is 69.3 Å². The molecule has 4 heteroatoms. The molecule has 1 nitrogen and oxygen atoms in total. The lowest BCUT2D eigenvalue weighted by Crippen LogP contribution is -2.24. The normalized spacial score (nSPS) is 41.8. The SMILES string of the molecule is FC(F)(F)[C@@H]1[C@H]2CCCCN[C@H]21. The van der Waals surface area contributed by atoms with Crippen LogP contribution in [0.1, 0.15) is 19.3 Å². The summed E-state index contributed by atoms with van der Waals surface area (Å²) < 4.78 is 36.7. The summed E-state index contributed by atoms with van der Waals surface area (Å²) in [6.07, 6.45) is -1.25. The third kappa shape index (κ3) is 1.32. The van der Waals surface area contributed by atoms with Crippen LogP contribution >= 0.6 is 0 Å². The van der Waals surface area contributed by atoms with E-state index in [1.54, 1.807) is 0 Å².